The average Bonchev–Trinajstić information content (AvgIpc) is 2.98. The van der Waals surface area contributed by atoms with Crippen molar-refractivity contribution in [3.8, 4) is 22.7 Å². The molecule has 1 aromatic heterocycles. The summed E-state index contributed by atoms with van der Waals surface area (Å²) in [6, 6.07) is 22.6. The van der Waals surface area contributed by atoms with E-state index in [4.69, 9.17) is 4.74 Å². The lowest BCUT2D eigenvalue weighted by atomic mass is 10.1. The second-order valence-corrected chi connectivity index (χ2v) is 4.33. The Morgan fingerprint density at radius 3 is 2.21 bits per heavy atom. The molecule has 0 unspecified atom stereocenters. The molecule has 3 aromatic rings. The SMILES string of the molecule is COc1ccc(-n2cccc2-c2ccccc2)cc1. The molecule has 0 atom stereocenters. The largest absolute Gasteiger partial charge is 0.497 e. The summed E-state index contributed by atoms with van der Waals surface area (Å²) in [6.45, 7) is 0. The molecule has 2 heteroatoms. The summed E-state index contributed by atoms with van der Waals surface area (Å²) < 4.78 is 7.37. The van der Waals surface area contributed by atoms with E-state index < -0.39 is 0 Å². The van der Waals surface area contributed by atoms with Crippen molar-refractivity contribution in [3.63, 3.8) is 0 Å². The minimum Gasteiger partial charge on any atom is -0.497 e. The van der Waals surface area contributed by atoms with Gasteiger partial charge in [0.05, 0.1) is 12.8 Å². The first-order valence-corrected chi connectivity index (χ1v) is 6.26. The van der Waals surface area contributed by atoms with Crippen molar-refractivity contribution < 1.29 is 4.74 Å². The molecular weight excluding hydrogens is 234 g/mol. The van der Waals surface area contributed by atoms with Crippen LogP contribution in [0.5, 0.6) is 5.75 Å². The highest BCUT2D eigenvalue weighted by atomic mass is 16.5. The van der Waals surface area contributed by atoms with Gasteiger partial charge in [-0.3, -0.25) is 0 Å². The lowest BCUT2D eigenvalue weighted by molar-refractivity contribution is 0.415. The van der Waals surface area contributed by atoms with E-state index in [-0.39, 0.29) is 0 Å². The van der Waals surface area contributed by atoms with E-state index in [1.807, 2.05) is 18.2 Å². The van der Waals surface area contributed by atoms with Gasteiger partial charge in [0.1, 0.15) is 5.75 Å². The Kier molecular flexibility index (Phi) is 3.07. The van der Waals surface area contributed by atoms with Crippen LogP contribution in [0.3, 0.4) is 0 Å². The van der Waals surface area contributed by atoms with Crippen LogP contribution in [0.2, 0.25) is 0 Å². The van der Waals surface area contributed by atoms with Gasteiger partial charge in [0.15, 0.2) is 0 Å². The molecule has 0 bridgehead atoms. The Morgan fingerprint density at radius 2 is 1.53 bits per heavy atom. The van der Waals surface area contributed by atoms with Gasteiger partial charge in [0, 0.05) is 11.9 Å². The Morgan fingerprint density at radius 1 is 0.789 bits per heavy atom. The molecule has 0 saturated carbocycles. The average molecular weight is 249 g/mol. The van der Waals surface area contributed by atoms with E-state index in [2.05, 4.69) is 59.3 Å². The molecule has 0 radical (unpaired) electrons. The first kappa shape index (κ1) is 11.6. The highest BCUT2D eigenvalue weighted by Crippen LogP contribution is 2.24. The maximum absolute atomic E-state index is 5.19. The van der Waals surface area contributed by atoms with Crippen molar-refractivity contribution in [2.75, 3.05) is 7.11 Å². The molecule has 2 nitrogen and oxygen atoms in total. The van der Waals surface area contributed by atoms with Crippen molar-refractivity contribution in [1.29, 1.82) is 0 Å². The van der Waals surface area contributed by atoms with Gasteiger partial charge in [-0.05, 0) is 42.0 Å². The van der Waals surface area contributed by atoms with Crippen LogP contribution in [0.25, 0.3) is 16.9 Å². The molecule has 0 aliphatic carbocycles. The molecule has 0 amide bonds. The Balaban J connectivity index is 2.04. The standard InChI is InChI=1S/C17H15NO/c1-19-16-11-9-15(10-12-16)18-13-5-8-17(18)14-6-3-2-4-7-14/h2-13H,1H3. The number of nitrogens with zero attached hydrogens (tertiary/aromatic N) is 1. The maximum Gasteiger partial charge on any atom is 0.119 e. The number of benzene rings is 2. The zero-order chi connectivity index (χ0) is 13.1. The van der Waals surface area contributed by atoms with Crippen molar-refractivity contribution >= 4 is 0 Å². The van der Waals surface area contributed by atoms with Crippen molar-refractivity contribution in [1.82, 2.24) is 4.57 Å². The van der Waals surface area contributed by atoms with Gasteiger partial charge in [0.2, 0.25) is 0 Å². The van der Waals surface area contributed by atoms with E-state index >= 15 is 0 Å². The number of aromatic nitrogens is 1. The fraction of sp³-hybridized carbons (Fsp3) is 0.0588. The third-order valence-corrected chi connectivity index (χ3v) is 3.17. The summed E-state index contributed by atoms with van der Waals surface area (Å²) in [5, 5.41) is 0. The third-order valence-electron chi connectivity index (χ3n) is 3.17. The second kappa shape index (κ2) is 5.02. The quantitative estimate of drug-likeness (QED) is 0.680. The summed E-state index contributed by atoms with van der Waals surface area (Å²) in [4.78, 5) is 0. The Bertz CT molecular complexity index is 653. The number of rotatable bonds is 3. The van der Waals surface area contributed by atoms with Gasteiger partial charge in [-0.25, -0.2) is 0 Å². The lowest BCUT2D eigenvalue weighted by Crippen LogP contribution is -1.95. The molecule has 2 aromatic carbocycles. The molecule has 0 fully saturated rings. The molecule has 0 aliphatic rings. The van der Waals surface area contributed by atoms with Gasteiger partial charge in [-0.1, -0.05) is 30.3 Å². The van der Waals surface area contributed by atoms with Crippen LogP contribution in [-0.4, -0.2) is 11.7 Å². The molecule has 0 aliphatic heterocycles. The Hall–Kier alpha value is -2.48. The lowest BCUT2D eigenvalue weighted by Gasteiger charge is -2.10. The van der Waals surface area contributed by atoms with E-state index in [0.717, 1.165) is 11.4 Å². The maximum atomic E-state index is 5.19. The van der Waals surface area contributed by atoms with Crippen LogP contribution in [0.4, 0.5) is 0 Å². The number of ether oxygens (including phenoxy) is 1. The van der Waals surface area contributed by atoms with E-state index in [9.17, 15) is 0 Å². The summed E-state index contributed by atoms with van der Waals surface area (Å²) >= 11 is 0. The van der Waals surface area contributed by atoms with Gasteiger partial charge in [-0.2, -0.15) is 0 Å². The second-order valence-electron chi connectivity index (χ2n) is 4.33. The smallest absolute Gasteiger partial charge is 0.119 e. The minimum absolute atomic E-state index is 0.872. The third kappa shape index (κ3) is 2.25. The highest BCUT2D eigenvalue weighted by molar-refractivity contribution is 5.63. The molecule has 0 saturated heterocycles. The summed E-state index contributed by atoms with van der Waals surface area (Å²) in [7, 11) is 1.68. The Labute approximate surface area is 112 Å². The van der Waals surface area contributed by atoms with Crippen molar-refractivity contribution in [3.05, 3.63) is 72.9 Å². The zero-order valence-electron chi connectivity index (χ0n) is 10.8. The summed E-state index contributed by atoms with van der Waals surface area (Å²) in [5.74, 6) is 0.872. The van der Waals surface area contributed by atoms with Gasteiger partial charge >= 0.3 is 0 Å². The van der Waals surface area contributed by atoms with Crippen LogP contribution < -0.4 is 4.74 Å². The molecule has 19 heavy (non-hydrogen) atoms. The van der Waals surface area contributed by atoms with Gasteiger partial charge < -0.3 is 9.30 Å². The molecule has 1 heterocycles. The van der Waals surface area contributed by atoms with Crippen LogP contribution in [-0.2, 0) is 0 Å². The normalized spacial score (nSPS) is 10.4. The number of hydrogen-bond donors (Lipinski definition) is 0. The number of hydrogen-bond acceptors (Lipinski definition) is 1. The van der Waals surface area contributed by atoms with E-state index in [1.165, 1.54) is 11.3 Å². The van der Waals surface area contributed by atoms with E-state index in [1.54, 1.807) is 7.11 Å². The van der Waals surface area contributed by atoms with Crippen molar-refractivity contribution in [2.45, 2.75) is 0 Å². The molecule has 94 valence electrons. The van der Waals surface area contributed by atoms with Gasteiger partial charge in [0.25, 0.3) is 0 Å². The predicted octanol–water partition coefficient (Wildman–Crippen LogP) is 4.15. The zero-order valence-corrected chi connectivity index (χ0v) is 10.8. The first-order chi connectivity index (χ1) is 9.38. The van der Waals surface area contributed by atoms with Crippen LogP contribution >= 0.6 is 0 Å². The minimum atomic E-state index is 0.872. The molecule has 0 spiro atoms. The molecular formula is C17H15NO. The van der Waals surface area contributed by atoms with Gasteiger partial charge in [-0.15, -0.1) is 0 Å². The fourth-order valence-corrected chi connectivity index (χ4v) is 2.19. The molecule has 3 rings (SSSR count). The fourth-order valence-electron chi connectivity index (χ4n) is 2.19. The van der Waals surface area contributed by atoms with Crippen molar-refractivity contribution in [2.24, 2.45) is 0 Å². The highest BCUT2D eigenvalue weighted by Gasteiger charge is 2.05. The summed E-state index contributed by atoms with van der Waals surface area (Å²) in [6.07, 6.45) is 2.07. The van der Waals surface area contributed by atoms with Crippen LogP contribution in [0, 0.1) is 0 Å². The number of methoxy groups -OCH3 is 1. The predicted molar refractivity (Wildman–Crippen MR) is 77.8 cm³/mol. The molecule has 0 N–H and O–H groups in total. The van der Waals surface area contributed by atoms with E-state index in [0.29, 0.717) is 0 Å². The monoisotopic (exact) mass is 249 g/mol. The van der Waals surface area contributed by atoms with Crippen LogP contribution in [0.15, 0.2) is 72.9 Å². The summed E-state index contributed by atoms with van der Waals surface area (Å²) in [5.41, 5.74) is 3.53. The topological polar surface area (TPSA) is 14.2 Å². The van der Waals surface area contributed by atoms with Crippen LogP contribution in [0.1, 0.15) is 0 Å². The first-order valence-electron chi connectivity index (χ1n) is 6.26.